The molecule has 0 spiro atoms. The molecule has 3 aromatic carbocycles. The molecule has 0 saturated carbocycles. The Hall–Kier alpha value is -1.06. The van der Waals surface area contributed by atoms with Crippen LogP contribution < -0.4 is 52.8 Å². The number of hydrogen-bond donors (Lipinski definition) is 0. The molecule has 5 heteroatoms. The largest absolute Gasteiger partial charge is 1.00 e. The minimum Gasteiger partial charge on any atom is -1.00 e. The summed E-state index contributed by atoms with van der Waals surface area (Å²) in [5, 5.41) is 4.39. The van der Waals surface area contributed by atoms with E-state index in [4.69, 9.17) is 0 Å². The predicted octanol–water partition coefficient (Wildman–Crippen LogP) is 3.88. The van der Waals surface area contributed by atoms with E-state index in [0.29, 0.717) is 0 Å². The Bertz CT molecular complexity index is 1670. The van der Waals surface area contributed by atoms with Gasteiger partial charge in [-0.15, -0.1) is 0 Å². The van der Waals surface area contributed by atoms with Gasteiger partial charge in [0.2, 0.25) is 0 Å². The zero-order valence-electron chi connectivity index (χ0n) is 39.3. The van der Waals surface area contributed by atoms with E-state index >= 15 is 0 Å². The monoisotopic (exact) mass is 868 g/mol. The molecule has 0 bridgehead atoms. The first-order chi connectivity index (χ1) is 23.6. The molecule has 0 saturated heterocycles. The summed E-state index contributed by atoms with van der Waals surface area (Å²) in [7, 11) is -3.10. The molecule has 308 valence electrons. The standard InChI is InChI=1S/C51H75Si.3ClH.Ti/c1-33-32-51(22,35(3)34(33)2)52(42-26-36(45(4,5)6)23-37(27-42)46(7,8)9,43-28-38(47(10,11)12)24-39(29-43)48(13,14)15)44-30-40(49(16,17)18)25-41(31-44)50(19,20)21;;;;/h23-31H,1-22H3;3*1H;/q;;;;+3/p-3. The van der Waals surface area contributed by atoms with E-state index in [1.54, 1.807) is 0 Å². The zero-order valence-corrected chi connectivity index (χ0v) is 44.2. The van der Waals surface area contributed by atoms with Crippen molar-refractivity contribution >= 4 is 23.6 Å². The van der Waals surface area contributed by atoms with Crippen molar-refractivity contribution in [3.63, 3.8) is 0 Å². The molecule has 0 aliphatic heterocycles. The molecule has 56 heavy (non-hydrogen) atoms. The van der Waals surface area contributed by atoms with Gasteiger partial charge >= 0.3 is 342 Å². The van der Waals surface area contributed by atoms with Crippen LogP contribution in [0.2, 0.25) is 5.04 Å². The van der Waals surface area contributed by atoms with Gasteiger partial charge < -0.3 is 37.2 Å². The first kappa shape index (κ1) is 53.0. The summed E-state index contributed by atoms with van der Waals surface area (Å²) >= 11 is 2.48. The molecule has 4 rings (SSSR count). The molecule has 0 N–H and O–H groups in total. The molecule has 1 unspecified atom stereocenters. The van der Waals surface area contributed by atoms with Crippen LogP contribution in [-0.2, 0) is 52.9 Å². The van der Waals surface area contributed by atoms with Gasteiger partial charge in [-0.2, -0.15) is 0 Å². The molecule has 0 radical (unpaired) electrons. The predicted molar refractivity (Wildman–Crippen MR) is 236 cm³/mol. The van der Waals surface area contributed by atoms with Crippen molar-refractivity contribution in [1.29, 1.82) is 0 Å². The third kappa shape index (κ3) is 9.61. The minimum absolute atomic E-state index is 0. The van der Waals surface area contributed by atoms with Crippen LogP contribution in [-0.4, -0.2) is 8.07 Å². The summed E-state index contributed by atoms with van der Waals surface area (Å²) in [5.74, 6) is 0. The minimum atomic E-state index is -3.10. The Morgan fingerprint density at radius 1 is 0.375 bits per heavy atom. The van der Waals surface area contributed by atoms with Crippen LogP contribution in [0.1, 0.15) is 186 Å². The molecule has 0 fully saturated rings. The van der Waals surface area contributed by atoms with Gasteiger partial charge in [0.1, 0.15) is 0 Å². The fourth-order valence-corrected chi connectivity index (χ4v) is 16.1. The summed E-state index contributed by atoms with van der Waals surface area (Å²) in [5.41, 5.74) is 13.0. The maximum absolute atomic E-state index is 3.10. The van der Waals surface area contributed by atoms with Crippen molar-refractivity contribution in [2.24, 2.45) is 0 Å². The fourth-order valence-electron chi connectivity index (χ4n) is 8.37. The zero-order chi connectivity index (χ0) is 40.9. The van der Waals surface area contributed by atoms with Gasteiger partial charge in [-0.1, -0.05) is 0 Å². The third-order valence-corrected chi connectivity index (χ3v) is 20.1. The normalized spacial score (nSPS) is 17.4. The van der Waals surface area contributed by atoms with E-state index in [2.05, 4.69) is 227 Å². The number of allylic oxidation sites excluding steroid dienone is 4. The number of rotatable bonds is 4. The molecule has 1 atom stereocenters. The van der Waals surface area contributed by atoms with Crippen LogP contribution in [0.4, 0.5) is 0 Å². The Kier molecular flexibility index (Phi) is 15.9. The average Bonchev–Trinajstić information content (AvgIpc) is 3.14. The Balaban J connectivity index is 0.00000523. The fraction of sp³-hybridized carbons (Fsp3) is 0.569. The van der Waals surface area contributed by atoms with Gasteiger partial charge in [0.25, 0.3) is 0 Å². The van der Waals surface area contributed by atoms with Crippen LogP contribution in [0.5, 0.6) is 0 Å². The van der Waals surface area contributed by atoms with E-state index < -0.39 is 8.07 Å². The van der Waals surface area contributed by atoms with Crippen molar-refractivity contribution in [3.8, 4) is 0 Å². The van der Waals surface area contributed by atoms with Crippen molar-refractivity contribution < 1.29 is 57.7 Å². The second-order valence-electron chi connectivity index (χ2n) is 23.0. The molecule has 0 nitrogen and oxygen atoms in total. The van der Waals surface area contributed by atoms with Gasteiger partial charge in [0.15, 0.2) is 0 Å². The van der Waals surface area contributed by atoms with E-state index in [-0.39, 0.29) is 74.7 Å². The molecular formula is C51H75Cl3SiTi. The molecule has 3 aromatic rings. The molecule has 0 amide bonds. The Labute approximate surface area is 377 Å². The van der Waals surface area contributed by atoms with Gasteiger partial charge in [0.05, 0.1) is 0 Å². The summed E-state index contributed by atoms with van der Waals surface area (Å²) in [6.07, 6.45) is 0. The summed E-state index contributed by atoms with van der Waals surface area (Å²) < 4.78 is 1.54. The third-order valence-electron chi connectivity index (χ3n) is 12.8. The summed E-state index contributed by atoms with van der Waals surface area (Å²) in [4.78, 5) is 0. The number of benzene rings is 3. The van der Waals surface area contributed by atoms with Crippen LogP contribution in [0, 0.1) is 0 Å². The second kappa shape index (κ2) is 16.8. The molecule has 1 aliphatic carbocycles. The van der Waals surface area contributed by atoms with Gasteiger partial charge in [0, 0.05) is 0 Å². The van der Waals surface area contributed by atoms with E-state index in [1.165, 1.54) is 69.5 Å². The van der Waals surface area contributed by atoms with Gasteiger partial charge in [-0.05, 0) is 0 Å². The van der Waals surface area contributed by atoms with E-state index in [9.17, 15) is 0 Å². The maximum atomic E-state index is 2.68. The van der Waals surface area contributed by atoms with E-state index in [0.717, 1.165) is 0 Å². The Morgan fingerprint density at radius 2 is 0.571 bits per heavy atom. The molecule has 0 heterocycles. The summed E-state index contributed by atoms with van der Waals surface area (Å²) in [6, 6.07) is 23.7. The first-order valence-corrected chi connectivity index (χ1v) is 23.0. The van der Waals surface area contributed by atoms with Crippen molar-refractivity contribution in [3.05, 3.63) is 109 Å². The topological polar surface area (TPSA) is 0 Å². The molecular weight excluding hydrogens is 795 g/mol. The quantitative estimate of drug-likeness (QED) is 0.276. The SMILES string of the molecule is CC1=C(C)C(C)([Si](c2cc(C(C)(C)C)cc(C(C)(C)C)c2)(c2cc(C(C)(C)C)cc(C(C)(C)C)c2)c2cc(C(C)(C)C)cc(C(C)(C)C)c2)[C]([Ti+3])=C1C.[Cl-].[Cl-].[Cl-]. The molecule has 1 aliphatic rings. The van der Waals surface area contributed by atoms with Crippen molar-refractivity contribution in [2.75, 3.05) is 0 Å². The van der Waals surface area contributed by atoms with E-state index in [1.807, 2.05) is 0 Å². The molecule has 0 aromatic heterocycles. The number of halogens is 3. The van der Waals surface area contributed by atoms with Gasteiger partial charge in [-0.3, -0.25) is 0 Å². The second-order valence-corrected chi connectivity index (χ2v) is 28.0. The van der Waals surface area contributed by atoms with Crippen molar-refractivity contribution in [2.45, 2.75) is 190 Å². The van der Waals surface area contributed by atoms with Crippen LogP contribution in [0.15, 0.2) is 75.2 Å². The smallest absolute Gasteiger partial charge is 1.00 e. The first-order valence-electron chi connectivity index (χ1n) is 20.2. The maximum Gasteiger partial charge on any atom is -1.00 e. The Morgan fingerprint density at radius 3 is 0.714 bits per heavy atom. The average molecular weight is 870 g/mol. The van der Waals surface area contributed by atoms with Crippen LogP contribution in [0.25, 0.3) is 0 Å². The van der Waals surface area contributed by atoms with Crippen LogP contribution >= 0.6 is 0 Å². The van der Waals surface area contributed by atoms with Crippen LogP contribution in [0.3, 0.4) is 0 Å². The summed E-state index contributed by atoms with van der Waals surface area (Å²) in [6.45, 7) is 53.2. The van der Waals surface area contributed by atoms with Gasteiger partial charge in [-0.25, -0.2) is 0 Å². The number of hydrogen-bond acceptors (Lipinski definition) is 0. The van der Waals surface area contributed by atoms with Crippen molar-refractivity contribution in [1.82, 2.24) is 0 Å².